The molecule has 50 heavy (non-hydrogen) atoms. The van der Waals surface area contributed by atoms with E-state index in [9.17, 15) is 26.7 Å². The second kappa shape index (κ2) is 15.6. The summed E-state index contributed by atoms with van der Waals surface area (Å²) in [6, 6.07) is 20.5. The van der Waals surface area contributed by atoms with Crippen molar-refractivity contribution < 1.29 is 44.2 Å². The highest BCUT2D eigenvalue weighted by Gasteiger charge is 2.25. The minimum Gasteiger partial charge on any atom is -0.466 e. The molecule has 0 aliphatic carbocycles. The first-order valence-corrected chi connectivity index (χ1v) is 18.3. The summed E-state index contributed by atoms with van der Waals surface area (Å²) in [6.07, 6.45) is 0.694. The largest absolute Gasteiger partial charge is 0.466 e. The second-order valence-corrected chi connectivity index (χ2v) is 14.1. The third-order valence-corrected chi connectivity index (χ3v) is 9.78. The molecule has 1 heterocycles. The zero-order chi connectivity index (χ0) is 35.9. The number of aryl methyl sites for hydroxylation is 2. The summed E-state index contributed by atoms with van der Waals surface area (Å²) in [5, 5.41) is 9.05. The molecule has 0 saturated heterocycles. The monoisotopic (exact) mass is 718 g/mol. The number of benzene rings is 4. The summed E-state index contributed by atoms with van der Waals surface area (Å²) in [6.45, 7) is 5.42. The Morgan fingerprint density at radius 2 is 1.38 bits per heavy atom. The average Bonchev–Trinajstić information content (AvgIpc) is 3.08. The zero-order valence-corrected chi connectivity index (χ0v) is 29.1. The Hall–Kier alpha value is -5.13. The van der Waals surface area contributed by atoms with Crippen molar-refractivity contribution in [3.05, 3.63) is 112 Å². The van der Waals surface area contributed by atoms with Crippen molar-refractivity contribution in [2.24, 2.45) is 0 Å². The van der Waals surface area contributed by atoms with Crippen molar-refractivity contribution in [3.63, 3.8) is 0 Å². The number of hydrogen-bond donors (Lipinski definition) is 1. The van der Waals surface area contributed by atoms with Crippen LogP contribution in [-0.4, -0.2) is 41.9 Å². The fourth-order valence-electron chi connectivity index (χ4n) is 4.65. The highest BCUT2D eigenvalue weighted by atomic mass is 32.2. The van der Waals surface area contributed by atoms with Gasteiger partial charge in [-0.3, -0.25) is 4.79 Å². The van der Waals surface area contributed by atoms with Crippen LogP contribution in [0.4, 0.5) is 0 Å². The smallest absolute Gasteiger partial charge is 0.339 e. The lowest BCUT2D eigenvalue weighted by Crippen LogP contribution is -2.13. The van der Waals surface area contributed by atoms with E-state index in [1.54, 1.807) is 31.2 Å². The van der Waals surface area contributed by atoms with Gasteiger partial charge < -0.3 is 27.4 Å². The molecule has 0 saturated carbocycles. The fourth-order valence-corrected chi connectivity index (χ4v) is 6.51. The van der Waals surface area contributed by atoms with Crippen LogP contribution >= 0.6 is 0 Å². The molecular formula is C37H34O11S2. The van der Waals surface area contributed by atoms with Crippen molar-refractivity contribution in [2.45, 2.75) is 43.4 Å². The van der Waals surface area contributed by atoms with Gasteiger partial charge in [0.15, 0.2) is 23.6 Å². The van der Waals surface area contributed by atoms with Crippen LogP contribution in [0.3, 0.4) is 0 Å². The van der Waals surface area contributed by atoms with Crippen molar-refractivity contribution in [1.82, 2.24) is 0 Å². The highest BCUT2D eigenvalue weighted by Crippen LogP contribution is 2.38. The maximum atomic E-state index is 13.8. The van der Waals surface area contributed by atoms with E-state index >= 15 is 0 Å². The predicted octanol–water partition coefficient (Wildman–Crippen LogP) is 6.11. The van der Waals surface area contributed by atoms with Gasteiger partial charge in [-0.2, -0.15) is 16.8 Å². The number of aliphatic hydroxyl groups is 1. The molecule has 1 N–H and O–H groups in total. The zero-order valence-electron chi connectivity index (χ0n) is 27.5. The Kier molecular flexibility index (Phi) is 11.3. The van der Waals surface area contributed by atoms with Gasteiger partial charge in [0.1, 0.15) is 38.0 Å². The van der Waals surface area contributed by atoms with E-state index in [4.69, 9.17) is 22.3 Å². The first-order valence-electron chi connectivity index (χ1n) is 15.5. The molecule has 0 spiro atoms. The van der Waals surface area contributed by atoms with E-state index in [1.807, 2.05) is 13.8 Å². The van der Waals surface area contributed by atoms with E-state index in [2.05, 4.69) is 11.8 Å². The Bertz CT molecular complexity index is 2320. The molecule has 11 nitrogen and oxygen atoms in total. The Balaban J connectivity index is 1.62. The van der Waals surface area contributed by atoms with Crippen molar-refractivity contribution in [1.29, 1.82) is 0 Å². The van der Waals surface area contributed by atoms with E-state index in [-0.39, 0.29) is 62.7 Å². The number of rotatable bonds is 13. The third kappa shape index (κ3) is 8.53. The second-order valence-electron chi connectivity index (χ2n) is 11.0. The topological polar surface area (TPSA) is 156 Å². The minimum atomic E-state index is -4.42. The number of hydrogen-bond acceptors (Lipinski definition) is 11. The molecule has 0 atom stereocenters. The molecule has 4 aromatic carbocycles. The van der Waals surface area contributed by atoms with Crippen LogP contribution < -0.4 is 18.5 Å². The molecule has 5 rings (SSSR count). The Labute approximate surface area is 290 Å². The van der Waals surface area contributed by atoms with Gasteiger partial charge >= 0.3 is 20.2 Å². The summed E-state index contributed by atoms with van der Waals surface area (Å²) in [5.41, 5.74) is 1.47. The van der Waals surface area contributed by atoms with Gasteiger partial charge in [-0.25, -0.2) is 0 Å². The maximum absolute atomic E-state index is 13.8. The highest BCUT2D eigenvalue weighted by molar-refractivity contribution is 7.87. The molecule has 13 heteroatoms. The standard InChI is InChI=1S/C37H34O11S2/c1-4-44-24-45-34-23-35(48-50(42,43)30-19-11-26(3)12-20-30)36-32(39)22-33(46-37(36)31(34)8-6-5-7-21-38)27-13-15-28(16-14-27)47-49(40,41)29-17-9-25(2)10-18-29/h9-20,22-23,38H,4-5,7,21,24H2,1-3H3. The minimum absolute atomic E-state index is 0.00916. The number of ether oxygens (including phenoxy) is 2. The van der Waals surface area contributed by atoms with Crippen LogP contribution in [0.1, 0.15) is 36.5 Å². The summed E-state index contributed by atoms with van der Waals surface area (Å²) < 4.78 is 80.6. The lowest BCUT2D eigenvalue weighted by atomic mass is 10.1. The summed E-state index contributed by atoms with van der Waals surface area (Å²) in [7, 11) is -8.53. The van der Waals surface area contributed by atoms with Crippen molar-refractivity contribution in [3.8, 4) is 40.4 Å². The quantitative estimate of drug-likeness (QED) is 0.0649. The summed E-state index contributed by atoms with van der Waals surface area (Å²) >= 11 is 0. The summed E-state index contributed by atoms with van der Waals surface area (Å²) in [5.74, 6) is 5.63. The molecule has 5 aromatic rings. The fraction of sp³-hybridized carbons (Fsp3) is 0.216. The Morgan fingerprint density at radius 3 is 1.96 bits per heavy atom. The van der Waals surface area contributed by atoms with Gasteiger partial charge in [-0.15, -0.1) is 0 Å². The number of unbranched alkanes of at least 4 members (excludes halogenated alkanes) is 1. The molecule has 0 aliphatic heterocycles. The predicted molar refractivity (Wildman–Crippen MR) is 186 cm³/mol. The van der Waals surface area contributed by atoms with Crippen LogP contribution in [0.5, 0.6) is 17.2 Å². The lowest BCUT2D eigenvalue weighted by molar-refractivity contribution is 0.0222. The number of fused-ring (bicyclic) bond motifs is 1. The van der Waals surface area contributed by atoms with E-state index in [0.29, 0.717) is 25.0 Å². The number of aliphatic hydroxyl groups excluding tert-OH is 1. The van der Waals surface area contributed by atoms with Gasteiger partial charge in [-0.1, -0.05) is 47.2 Å². The molecule has 260 valence electrons. The summed E-state index contributed by atoms with van der Waals surface area (Å²) in [4.78, 5) is 13.7. The first kappa shape index (κ1) is 36.2. The van der Waals surface area contributed by atoms with Gasteiger partial charge in [0, 0.05) is 37.3 Å². The van der Waals surface area contributed by atoms with Gasteiger partial charge in [0.05, 0.1) is 0 Å². The average molecular weight is 719 g/mol. The third-order valence-electron chi connectivity index (χ3n) is 7.27. The maximum Gasteiger partial charge on any atom is 0.339 e. The molecule has 0 radical (unpaired) electrons. The molecule has 0 amide bonds. The molecule has 0 aliphatic rings. The van der Waals surface area contributed by atoms with E-state index < -0.39 is 25.7 Å². The SMILES string of the molecule is CCOCOc1cc(OS(=O)(=O)c2ccc(C)cc2)c2c(=O)cc(-c3ccc(OS(=O)(=O)c4ccc(C)cc4)cc3)oc2c1C#CCCCO. The van der Waals surface area contributed by atoms with Gasteiger partial charge in [0.2, 0.25) is 0 Å². The first-order chi connectivity index (χ1) is 23.9. The van der Waals surface area contributed by atoms with E-state index in [1.165, 1.54) is 54.6 Å². The molecule has 1 aromatic heterocycles. The van der Waals surface area contributed by atoms with Gasteiger partial charge in [-0.05, 0) is 75.7 Å². The van der Waals surface area contributed by atoms with E-state index in [0.717, 1.165) is 17.2 Å². The van der Waals surface area contributed by atoms with Crippen LogP contribution in [0.15, 0.2) is 104 Å². The van der Waals surface area contributed by atoms with Crippen molar-refractivity contribution in [2.75, 3.05) is 20.0 Å². The van der Waals surface area contributed by atoms with Crippen LogP contribution in [0, 0.1) is 25.7 Å². The Morgan fingerprint density at radius 1 is 0.780 bits per heavy atom. The normalized spacial score (nSPS) is 11.5. The van der Waals surface area contributed by atoms with Crippen LogP contribution in [-0.2, 0) is 25.0 Å². The lowest BCUT2D eigenvalue weighted by Gasteiger charge is -2.15. The molecule has 0 fully saturated rings. The van der Waals surface area contributed by atoms with Gasteiger partial charge in [0.25, 0.3) is 0 Å². The molecular weight excluding hydrogens is 685 g/mol. The molecule has 0 unspecified atom stereocenters. The molecule has 0 bridgehead atoms. The van der Waals surface area contributed by atoms with Crippen LogP contribution in [0.2, 0.25) is 0 Å². The van der Waals surface area contributed by atoms with Crippen LogP contribution in [0.25, 0.3) is 22.3 Å². The van der Waals surface area contributed by atoms with Crippen molar-refractivity contribution >= 4 is 31.2 Å².